The van der Waals surface area contributed by atoms with Crippen molar-refractivity contribution in [3.63, 3.8) is 0 Å². The Morgan fingerprint density at radius 1 is 0.512 bits per heavy atom. The average molecular weight is 554 g/mol. The van der Waals surface area contributed by atoms with Gasteiger partial charge in [0.25, 0.3) is 0 Å². The summed E-state index contributed by atoms with van der Waals surface area (Å²) in [6.07, 6.45) is 1.34. The summed E-state index contributed by atoms with van der Waals surface area (Å²) in [6.45, 7) is 0. The normalized spacial score (nSPS) is 20.7. The molecule has 0 aliphatic rings. The highest BCUT2D eigenvalue weighted by atomic mass is 15.2. The summed E-state index contributed by atoms with van der Waals surface area (Å²) in [7, 11) is 0. The Balaban J connectivity index is 1.65. The summed E-state index contributed by atoms with van der Waals surface area (Å²) in [5.74, 6) is 0. The van der Waals surface area contributed by atoms with Gasteiger partial charge in [-0.2, -0.15) is 0 Å². The van der Waals surface area contributed by atoms with E-state index in [0.717, 1.165) is 12.1 Å². The molecule has 0 N–H and O–H groups in total. The molecule has 6 aromatic rings. The van der Waals surface area contributed by atoms with Gasteiger partial charge in [0.1, 0.15) is 6.34 Å². The molecule has 6 aromatic carbocycles. The molecule has 0 aliphatic carbocycles. The number of hydrogen-bond acceptors (Lipinski definition) is 1. The van der Waals surface area contributed by atoms with Gasteiger partial charge in [0.2, 0.25) is 0 Å². The number of anilines is 2. The number of para-hydroxylation sites is 2. The first-order chi connectivity index (χ1) is 31.5. The predicted molar refractivity (Wildman–Crippen MR) is 176 cm³/mol. The monoisotopic (exact) mass is 553 g/mol. The van der Waals surface area contributed by atoms with E-state index in [2.05, 4.69) is 4.99 Å². The summed E-state index contributed by atoms with van der Waals surface area (Å²) in [4.78, 5) is 4.64. The molecule has 0 radical (unpaired) electrons. The lowest BCUT2D eigenvalue weighted by Crippen LogP contribution is -2.14. The van der Waals surface area contributed by atoms with Crippen molar-refractivity contribution in [1.29, 1.82) is 0 Å². The van der Waals surface area contributed by atoms with Crippen LogP contribution in [0.25, 0.3) is 34.4 Å². The maximum atomic E-state index is 9.06. The van der Waals surface area contributed by atoms with Gasteiger partial charge in [-0.25, -0.2) is 4.99 Å². The van der Waals surface area contributed by atoms with Crippen molar-refractivity contribution >= 4 is 35.5 Å². The van der Waals surface area contributed by atoms with Crippen molar-refractivity contribution in [1.82, 2.24) is 0 Å². The quantitative estimate of drug-likeness (QED) is 0.104. The van der Waals surface area contributed by atoms with Crippen LogP contribution >= 0.6 is 0 Å². The molecule has 0 saturated carbocycles. The predicted octanol–water partition coefficient (Wildman–Crippen LogP) is 10.7. The molecule has 0 saturated heterocycles. The van der Waals surface area contributed by atoms with Crippen molar-refractivity contribution < 1.29 is 37.0 Å². The number of aliphatic imine (C=N–C) groups is 1. The van der Waals surface area contributed by atoms with E-state index in [1.165, 1.54) is 0 Å². The van der Waals surface area contributed by atoms with Crippen LogP contribution < -0.4 is 4.90 Å². The summed E-state index contributed by atoms with van der Waals surface area (Å²) in [6, 6.07) is -23.1. The van der Waals surface area contributed by atoms with Crippen molar-refractivity contribution in [3.05, 3.63) is 174 Å². The molecule has 2 heteroatoms. The third kappa shape index (κ3) is 6.41. The lowest BCUT2D eigenvalue weighted by atomic mass is 10.0. The molecule has 0 fully saturated rings. The van der Waals surface area contributed by atoms with E-state index in [1.54, 1.807) is 0 Å². The molecule has 196 valence electrons. The van der Waals surface area contributed by atoms with Crippen LogP contribution in [0, 0.1) is 0 Å². The molecule has 2 nitrogen and oxygen atoms in total. The van der Waals surface area contributed by atoms with Gasteiger partial charge in [0.05, 0.1) is 42.7 Å². The first-order valence-corrected chi connectivity index (χ1v) is 11.6. The first kappa shape index (κ1) is 9.29. The van der Waals surface area contributed by atoms with Crippen LogP contribution in [-0.4, -0.2) is 6.34 Å². The fraction of sp³-hybridized carbons (Fsp3) is 0. The first-order valence-electron chi connectivity index (χ1n) is 25.1. The summed E-state index contributed by atoms with van der Waals surface area (Å²) < 4.78 is 229. The molecule has 0 spiro atoms. The molecular formula is C39H30N2. The summed E-state index contributed by atoms with van der Waals surface area (Å²) in [5, 5.41) is 0. The molecule has 0 bridgehead atoms. The Morgan fingerprint density at radius 3 is 1.71 bits per heavy atom. The Bertz CT molecular complexity index is 3150. The zero-order valence-electron chi connectivity index (χ0n) is 47.6. The van der Waals surface area contributed by atoms with Crippen LogP contribution in [0.4, 0.5) is 17.1 Å². The lowest BCUT2D eigenvalue weighted by molar-refractivity contribution is 1.35. The summed E-state index contributed by atoms with van der Waals surface area (Å²) >= 11 is 0. The Kier molecular flexibility index (Phi) is 2.85. The van der Waals surface area contributed by atoms with Crippen molar-refractivity contribution in [2.75, 3.05) is 4.90 Å². The van der Waals surface area contributed by atoms with Gasteiger partial charge in [-0.1, -0.05) is 145 Å². The van der Waals surface area contributed by atoms with Gasteiger partial charge in [-0.05, 0) is 58.0 Å². The fourth-order valence-electron chi connectivity index (χ4n) is 3.23. The third-order valence-electron chi connectivity index (χ3n) is 5.13. The second kappa shape index (κ2) is 12.6. The number of rotatable bonds is 8. The van der Waals surface area contributed by atoms with Crippen LogP contribution in [0.1, 0.15) is 48.1 Å². The second-order valence-electron chi connectivity index (χ2n) is 7.69. The maximum Gasteiger partial charge on any atom is 0.100 e. The number of hydrogen-bond donors (Lipinski definition) is 0. The Labute approximate surface area is 280 Å². The van der Waals surface area contributed by atoms with Gasteiger partial charge in [-0.3, -0.25) is 0 Å². The van der Waals surface area contributed by atoms with Gasteiger partial charge in [0, 0.05) is 16.9 Å². The Morgan fingerprint density at radius 2 is 1.02 bits per heavy atom. The molecule has 6 rings (SSSR count). The lowest BCUT2D eigenvalue weighted by Gasteiger charge is -2.20. The van der Waals surface area contributed by atoms with E-state index >= 15 is 0 Å². The molecule has 0 amide bonds. The van der Waals surface area contributed by atoms with Crippen LogP contribution in [0.15, 0.2) is 168 Å². The highest BCUT2D eigenvalue weighted by Crippen LogP contribution is 2.29. The average Bonchev–Trinajstić information content (AvgIpc) is 3.30. The van der Waals surface area contributed by atoms with Crippen molar-refractivity contribution in [3.8, 4) is 22.3 Å². The molecule has 0 heterocycles. The highest BCUT2D eigenvalue weighted by molar-refractivity contribution is 5.92. The van der Waals surface area contributed by atoms with Crippen LogP contribution in [0.2, 0.25) is 0 Å². The van der Waals surface area contributed by atoms with Gasteiger partial charge < -0.3 is 4.90 Å². The smallest absolute Gasteiger partial charge is 0.100 e. The van der Waals surface area contributed by atoms with E-state index in [0.29, 0.717) is 11.2 Å². The summed E-state index contributed by atoms with van der Waals surface area (Å²) in [5.41, 5.74) is -6.31. The molecule has 0 aromatic heterocycles. The van der Waals surface area contributed by atoms with Crippen LogP contribution in [0.5, 0.6) is 0 Å². The van der Waals surface area contributed by atoms with Crippen molar-refractivity contribution in [2.45, 2.75) is 0 Å². The number of benzene rings is 6. The van der Waals surface area contributed by atoms with E-state index in [-0.39, 0.29) is 0 Å². The largest absolute Gasteiger partial charge is 0.301 e. The van der Waals surface area contributed by atoms with Gasteiger partial charge in [0.15, 0.2) is 0 Å². The molecule has 0 atom stereocenters. The minimum atomic E-state index is -1.07. The third-order valence-corrected chi connectivity index (χ3v) is 5.13. The number of nitrogens with zero attached hydrogens (tertiary/aromatic N) is 2. The molecule has 41 heavy (non-hydrogen) atoms. The topological polar surface area (TPSA) is 15.6 Å². The highest BCUT2D eigenvalue weighted by Gasteiger charge is 2.08. The minimum absolute atomic E-state index is 0.396. The van der Waals surface area contributed by atoms with E-state index in [4.69, 9.17) is 37.0 Å². The van der Waals surface area contributed by atoms with E-state index < -0.39 is 214 Å². The molecule has 0 aliphatic heterocycles. The zero-order valence-corrected chi connectivity index (χ0v) is 20.6. The molecule has 0 unspecified atom stereocenters. The fourth-order valence-corrected chi connectivity index (χ4v) is 3.23. The second-order valence-corrected chi connectivity index (χ2v) is 7.69. The maximum absolute atomic E-state index is 9.06. The van der Waals surface area contributed by atoms with E-state index in [1.807, 2.05) is 0 Å². The van der Waals surface area contributed by atoms with Crippen LogP contribution in [-0.2, 0) is 0 Å². The van der Waals surface area contributed by atoms with Crippen molar-refractivity contribution in [2.24, 2.45) is 4.99 Å². The SMILES string of the molecule is [2H]/C(=C\c1cc([2H])c(-c2c([2H])c([2H])c([2H])c([2H])c2[2H])c([2H])c1[2H])c1c([2H])c([2H])c([2H])c([2H])c1N=CN(c1c([2H])c([2H])c([2H])c([2H])c1[2H])c1c([2H])c([2H])c(-c2c([2H])c([2H])c([2H])c([2H])c2[2H])c([2H])c1[2H]. The van der Waals surface area contributed by atoms with Gasteiger partial charge >= 0.3 is 0 Å². The zero-order chi connectivity index (χ0) is 51.2. The Hall–Kier alpha value is -5.47. The van der Waals surface area contributed by atoms with Crippen LogP contribution in [0.3, 0.4) is 0 Å². The van der Waals surface area contributed by atoms with E-state index in [9.17, 15) is 0 Å². The molecular weight excluding hydrogens is 496 g/mol. The van der Waals surface area contributed by atoms with Gasteiger partial charge in [-0.15, -0.1) is 0 Å². The standard InChI is InChI=1S/C39H30N2/c1-4-12-32(13-5-1)34-23-20-31(21-24-34)22-25-36-16-10-11-19-39(36)40-30-41(37-17-8-3-9-18-37)38-28-26-35(27-29-38)33-14-6-2-7-15-33/h1-30H/b25-22+,40-30?/i1D,2D,3D,4D,5D,6D,7D,8D,9D,10D,11D,12D,13D,14D,15D,16D,17D,18D,19D,20D,23D,24D,25D,26D,27D,28D,29D. The minimum Gasteiger partial charge on any atom is -0.301 e.